The summed E-state index contributed by atoms with van der Waals surface area (Å²) >= 11 is 11.8. The maximum atomic E-state index is 11.8. The largest absolute Gasteiger partial charge is 0.307 e. The Morgan fingerprint density at radius 2 is 2.05 bits per heavy atom. The van der Waals surface area contributed by atoms with Crippen LogP contribution in [0.5, 0.6) is 0 Å². The first-order chi connectivity index (χ1) is 9.54. The normalized spacial score (nSPS) is 10.8. The Morgan fingerprint density at radius 1 is 1.25 bits per heavy atom. The molecule has 20 heavy (non-hydrogen) atoms. The average Bonchev–Trinajstić information content (AvgIpc) is 2.37. The Hall–Kier alpha value is -1.84. The molecule has 0 saturated carbocycles. The van der Waals surface area contributed by atoms with Crippen LogP contribution in [-0.2, 0) is 4.79 Å². The lowest BCUT2D eigenvalue weighted by molar-refractivity contribution is -0.111. The molecule has 102 valence electrons. The molecule has 1 heterocycles. The van der Waals surface area contributed by atoms with Crippen molar-refractivity contribution in [3.63, 3.8) is 0 Å². The zero-order valence-corrected chi connectivity index (χ0v) is 12.2. The van der Waals surface area contributed by atoms with E-state index in [1.54, 1.807) is 30.3 Å². The molecule has 0 unspecified atom stereocenters. The first kappa shape index (κ1) is 14.6. The minimum absolute atomic E-state index is 0.269. The van der Waals surface area contributed by atoms with Gasteiger partial charge in [0.1, 0.15) is 5.82 Å². The number of carbonyl (C=O) groups is 1. The zero-order valence-electron chi connectivity index (χ0n) is 10.7. The highest BCUT2D eigenvalue weighted by molar-refractivity contribution is 6.35. The van der Waals surface area contributed by atoms with Crippen molar-refractivity contribution in [2.75, 3.05) is 5.32 Å². The van der Waals surface area contributed by atoms with Crippen molar-refractivity contribution in [2.24, 2.45) is 0 Å². The highest BCUT2D eigenvalue weighted by atomic mass is 35.5. The molecular formula is C15H12Cl2N2O. The van der Waals surface area contributed by atoms with Gasteiger partial charge in [-0.2, -0.15) is 0 Å². The number of nitrogens with zero attached hydrogens (tertiary/aromatic N) is 1. The number of pyridine rings is 1. The smallest absolute Gasteiger partial charge is 0.249 e. The minimum atomic E-state index is -0.269. The van der Waals surface area contributed by atoms with Crippen molar-refractivity contribution < 1.29 is 4.79 Å². The first-order valence-electron chi connectivity index (χ1n) is 5.92. The monoisotopic (exact) mass is 306 g/mol. The number of nitrogens with one attached hydrogen (secondary N) is 1. The molecule has 5 heteroatoms. The van der Waals surface area contributed by atoms with Crippen LogP contribution in [0.25, 0.3) is 6.08 Å². The van der Waals surface area contributed by atoms with Gasteiger partial charge in [0.2, 0.25) is 5.91 Å². The fraction of sp³-hybridized carbons (Fsp3) is 0.0667. The zero-order chi connectivity index (χ0) is 14.5. The van der Waals surface area contributed by atoms with Crippen LogP contribution in [-0.4, -0.2) is 10.9 Å². The quantitative estimate of drug-likeness (QED) is 0.857. The number of hydrogen-bond acceptors (Lipinski definition) is 2. The van der Waals surface area contributed by atoms with Gasteiger partial charge >= 0.3 is 0 Å². The molecule has 1 aromatic carbocycles. The van der Waals surface area contributed by atoms with Gasteiger partial charge in [0, 0.05) is 21.8 Å². The second-order valence-electron chi connectivity index (χ2n) is 4.15. The van der Waals surface area contributed by atoms with Gasteiger partial charge in [0.05, 0.1) is 0 Å². The second kappa shape index (κ2) is 6.55. The molecule has 0 fully saturated rings. The van der Waals surface area contributed by atoms with Crippen LogP contribution in [0, 0.1) is 6.92 Å². The average molecular weight is 307 g/mol. The highest BCUT2D eigenvalue weighted by Gasteiger charge is 2.01. The van der Waals surface area contributed by atoms with Crippen LogP contribution >= 0.6 is 23.2 Å². The number of anilines is 1. The first-order valence-corrected chi connectivity index (χ1v) is 6.68. The second-order valence-corrected chi connectivity index (χ2v) is 5.00. The molecule has 3 nitrogen and oxygen atoms in total. The van der Waals surface area contributed by atoms with E-state index in [1.165, 1.54) is 6.08 Å². The summed E-state index contributed by atoms with van der Waals surface area (Å²) < 4.78 is 0. The van der Waals surface area contributed by atoms with Gasteiger partial charge in [-0.1, -0.05) is 35.3 Å². The topological polar surface area (TPSA) is 42.0 Å². The maximum absolute atomic E-state index is 11.8. The van der Waals surface area contributed by atoms with Crippen molar-refractivity contribution >= 4 is 41.0 Å². The van der Waals surface area contributed by atoms with Crippen LogP contribution in [0.3, 0.4) is 0 Å². The molecule has 0 saturated heterocycles. The predicted molar refractivity (Wildman–Crippen MR) is 83.1 cm³/mol. The highest BCUT2D eigenvalue weighted by Crippen LogP contribution is 2.21. The molecule has 0 aliphatic rings. The summed E-state index contributed by atoms with van der Waals surface area (Å²) in [5, 5.41) is 3.73. The van der Waals surface area contributed by atoms with E-state index in [1.807, 2.05) is 19.1 Å². The molecule has 1 N–H and O–H groups in total. The number of rotatable bonds is 3. The third kappa shape index (κ3) is 4.08. The summed E-state index contributed by atoms with van der Waals surface area (Å²) in [6.45, 7) is 1.86. The summed E-state index contributed by atoms with van der Waals surface area (Å²) in [4.78, 5) is 16.0. The van der Waals surface area contributed by atoms with Crippen molar-refractivity contribution in [2.45, 2.75) is 6.92 Å². The summed E-state index contributed by atoms with van der Waals surface area (Å²) in [6, 6.07) is 10.5. The van der Waals surface area contributed by atoms with Gasteiger partial charge in [-0.05, 0) is 42.8 Å². The summed E-state index contributed by atoms with van der Waals surface area (Å²) in [6.07, 6.45) is 3.03. The fourth-order valence-electron chi connectivity index (χ4n) is 1.58. The van der Waals surface area contributed by atoms with E-state index < -0.39 is 0 Å². The molecule has 0 aliphatic heterocycles. The van der Waals surface area contributed by atoms with E-state index in [9.17, 15) is 4.79 Å². The molecule has 2 rings (SSSR count). The lowest BCUT2D eigenvalue weighted by Crippen LogP contribution is -2.09. The van der Waals surface area contributed by atoms with E-state index in [-0.39, 0.29) is 5.91 Å². The van der Waals surface area contributed by atoms with Gasteiger partial charge < -0.3 is 5.32 Å². The number of aryl methyl sites for hydroxylation is 1. The molecular weight excluding hydrogens is 295 g/mol. The fourth-order valence-corrected chi connectivity index (χ4v) is 2.05. The van der Waals surface area contributed by atoms with E-state index in [0.29, 0.717) is 15.9 Å². The molecule has 0 atom stereocenters. The van der Waals surface area contributed by atoms with E-state index in [2.05, 4.69) is 10.3 Å². The molecule has 0 aliphatic carbocycles. The number of hydrogen-bond donors (Lipinski definition) is 1. The Labute approximate surface area is 127 Å². The Kier molecular flexibility index (Phi) is 4.77. The third-order valence-corrected chi connectivity index (χ3v) is 3.08. The molecule has 0 radical (unpaired) electrons. The number of aromatic nitrogens is 1. The van der Waals surface area contributed by atoms with Crippen LogP contribution < -0.4 is 5.32 Å². The number of halogens is 2. The van der Waals surface area contributed by atoms with Crippen LogP contribution in [0.2, 0.25) is 10.0 Å². The van der Waals surface area contributed by atoms with Crippen molar-refractivity contribution in [1.29, 1.82) is 0 Å². The van der Waals surface area contributed by atoms with Crippen molar-refractivity contribution in [1.82, 2.24) is 4.98 Å². The van der Waals surface area contributed by atoms with Crippen LogP contribution in [0.1, 0.15) is 11.3 Å². The molecule has 1 amide bonds. The van der Waals surface area contributed by atoms with Crippen LogP contribution in [0.15, 0.2) is 42.5 Å². The van der Waals surface area contributed by atoms with Gasteiger partial charge in [0.25, 0.3) is 0 Å². The van der Waals surface area contributed by atoms with Crippen molar-refractivity contribution in [3.05, 3.63) is 63.8 Å². The van der Waals surface area contributed by atoms with Gasteiger partial charge in [-0.25, -0.2) is 4.98 Å². The molecule has 1 aromatic heterocycles. The lowest BCUT2D eigenvalue weighted by Gasteiger charge is -2.02. The van der Waals surface area contributed by atoms with Gasteiger partial charge in [-0.3, -0.25) is 4.79 Å². The maximum Gasteiger partial charge on any atom is 0.249 e. The lowest BCUT2D eigenvalue weighted by atomic mass is 10.2. The SMILES string of the molecule is Cc1cccc(NC(=O)C=Cc2ccc(Cl)cc2Cl)n1. The summed E-state index contributed by atoms with van der Waals surface area (Å²) in [5.41, 5.74) is 1.57. The van der Waals surface area contributed by atoms with Crippen molar-refractivity contribution in [3.8, 4) is 0 Å². The van der Waals surface area contributed by atoms with Gasteiger partial charge in [0.15, 0.2) is 0 Å². The number of carbonyl (C=O) groups excluding carboxylic acids is 1. The Balaban J connectivity index is 2.06. The van der Waals surface area contributed by atoms with Gasteiger partial charge in [-0.15, -0.1) is 0 Å². The predicted octanol–water partition coefficient (Wildman–Crippen LogP) is 4.35. The minimum Gasteiger partial charge on any atom is -0.307 e. The Morgan fingerprint density at radius 3 is 2.75 bits per heavy atom. The third-order valence-electron chi connectivity index (χ3n) is 2.52. The molecule has 2 aromatic rings. The molecule has 0 bridgehead atoms. The Bertz CT molecular complexity index is 669. The molecule has 0 spiro atoms. The summed E-state index contributed by atoms with van der Waals surface area (Å²) in [7, 11) is 0. The standard InChI is InChI=1S/C15H12Cl2N2O/c1-10-3-2-4-14(18-10)19-15(20)8-6-11-5-7-12(16)9-13(11)17/h2-9H,1H3,(H,18,19,20). The van der Waals surface area contributed by atoms with Crippen LogP contribution in [0.4, 0.5) is 5.82 Å². The number of amides is 1. The van der Waals surface area contributed by atoms with E-state index in [4.69, 9.17) is 23.2 Å². The van der Waals surface area contributed by atoms with E-state index in [0.717, 1.165) is 11.3 Å². The summed E-state index contributed by atoms with van der Waals surface area (Å²) in [5.74, 6) is 0.246. The van der Waals surface area contributed by atoms with E-state index >= 15 is 0 Å². The number of benzene rings is 1.